The van der Waals surface area contributed by atoms with E-state index in [0.717, 1.165) is 11.8 Å². The Morgan fingerprint density at radius 1 is 1.42 bits per heavy atom. The Kier molecular flexibility index (Phi) is 6.28. The number of ether oxygens (including phenoxy) is 1. The van der Waals surface area contributed by atoms with Crippen LogP contribution in [0.2, 0.25) is 5.02 Å². The van der Waals surface area contributed by atoms with Crippen molar-refractivity contribution in [3.63, 3.8) is 0 Å². The topological polar surface area (TPSA) is 84.1 Å². The van der Waals surface area contributed by atoms with Gasteiger partial charge in [-0.25, -0.2) is 4.98 Å². The van der Waals surface area contributed by atoms with Gasteiger partial charge in [-0.1, -0.05) is 37.2 Å². The molecule has 0 radical (unpaired) electrons. The normalized spacial score (nSPS) is 10.7. The maximum absolute atomic E-state index is 12.1. The van der Waals surface area contributed by atoms with Gasteiger partial charge in [-0.15, -0.1) is 0 Å². The number of rotatable bonds is 6. The summed E-state index contributed by atoms with van der Waals surface area (Å²) in [5.41, 5.74) is 0.958. The SMILES string of the molecule is COc1ccc(Cl)cc1NC(=O)CSc1nc(C(C)C)cc(=O)[nH]1. The summed E-state index contributed by atoms with van der Waals surface area (Å²) in [6.07, 6.45) is 0. The minimum Gasteiger partial charge on any atom is -0.495 e. The van der Waals surface area contributed by atoms with Crippen LogP contribution < -0.4 is 15.6 Å². The van der Waals surface area contributed by atoms with Gasteiger partial charge in [-0.05, 0) is 24.1 Å². The number of nitrogens with zero attached hydrogens (tertiary/aromatic N) is 1. The number of aromatic nitrogens is 2. The number of amides is 1. The summed E-state index contributed by atoms with van der Waals surface area (Å²) in [5, 5.41) is 3.65. The number of hydrogen-bond donors (Lipinski definition) is 2. The number of nitrogens with one attached hydrogen (secondary N) is 2. The van der Waals surface area contributed by atoms with Crippen molar-refractivity contribution in [2.24, 2.45) is 0 Å². The number of halogens is 1. The molecular formula is C16H18ClN3O3S. The number of H-pyrrole nitrogens is 1. The molecule has 2 aromatic rings. The summed E-state index contributed by atoms with van der Waals surface area (Å²) in [4.78, 5) is 30.7. The minimum absolute atomic E-state index is 0.0974. The van der Waals surface area contributed by atoms with Gasteiger partial charge in [0.15, 0.2) is 5.16 Å². The predicted octanol–water partition coefficient (Wildman–Crippen LogP) is 3.29. The highest BCUT2D eigenvalue weighted by molar-refractivity contribution is 7.99. The Hall–Kier alpha value is -1.99. The van der Waals surface area contributed by atoms with Crippen molar-refractivity contribution in [2.75, 3.05) is 18.2 Å². The molecule has 0 aliphatic heterocycles. The van der Waals surface area contributed by atoms with Crippen molar-refractivity contribution in [2.45, 2.75) is 24.9 Å². The van der Waals surface area contributed by atoms with E-state index in [4.69, 9.17) is 16.3 Å². The molecule has 0 atom stereocenters. The lowest BCUT2D eigenvalue weighted by Crippen LogP contribution is -2.16. The highest BCUT2D eigenvalue weighted by Crippen LogP contribution is 2.28. The zero-order valence-corrected chi connectivity index (χ0v) is 15.1. The summed E-state index contributed by atoms with van der Waals surface area (Å²) < 4.78 is 5.18. The van der Waals surface area contributed by atoms with Crippen molar-refractivity contribution in [1.82, 2.24) is 9.97 Å². The first-order valence-electron chi connectivity index (χ1n) is 7.26. The maximum atomic E-state index is 12.1. The second-order valence-corrected chi connectivity index (χ2v) is 6.71. The number of anilines is 1. The number of carbonyl (C=O) groups excluding carboxylic acids is 1. The molecule has 1 aromatic carbocycles. The number of thioether (sulfide) groups is 1. The highest BCUT2D eigenvalue weighted by Gasteiger charge is 2.11. The Balaban J connectivity index is 2.04. The standard InChI is InChI=1S/C16H18ClN3O3S/c1-9(2)11-7-14(21)20-16(19-11)24-8-15(22)18-12-6-10(17)4-5-13(12)23-3/h4-7,9H,8H2,1-3H3,(H,18,22)(H,19,20,21). The van der Waals surface area contributed by atoms with E-state index in [9.17, 15) is 9.59 Å². The van der Waals surface area contributed by atoms with E-state index in [1.165, 1.54) is 13.2 Å². The van der Waals surface area contributed by atoms with Crippen molar-refractivity contribution in [3.8, 4) is 5.75 Å². The molecule has 1 heterocycles. The molecule has 0 fully saturated rings. The number of benzene rings is 1. The molecule has 2 N–H and O–H groups in total. The molecule has 1 amide bonds. The molecule has 1 aromatic heterocycles. The molecule has 8 heteroatoms. The molecule has 6 nitrogen and oxygen atoms in total. The van der Waals surface area contributed by atoms with Crippen LogP contribution in [-0.4, -0.2) is 28.7 Å². The molecule has 2 rings (SSSR count). The number of methoxy groups -OCH3 is 1. The van der Waals surface area contributed by atoms with Gasteiger partial charge in [0.25, 0.3) is 5.56 Å². The predicted molar refractivity (Wildman–Crippen MR) is 96.3 cm³/mol. The first-order valence-corrected chi connectivity index (χ1v) is 8.63. The van der Waals surface area contributed by atoms with Crippen molar-refractivity contribution < 1.29 is 9.53 Å². The van der Waals surface area contributed by atoms with E-state index >= 15 is 0 Å². The fourth-order valence-corrected chi connectivity index (χ4v) is 2.77. The lowest BCUT2D eigenvalue weighted by atomic mass is 10.1. The molecular weight excluding hydrogens is 350 g/mol. The summed E-state index contributed by atoms with van der Waals surface area (Å²) in [6, 6.07) is 6.43. The van der Waals surface area contributed by atoms with Crippen LogP contribution in [0, 0.1) is 0 Å². The maximum Gasteiger partial charge on any atom is 0.251 e. The van der Waals surface area contributed by atoms with Crippen LogP contribution in [-0.2, 0) is 4.79 Å². The third kappa shape index (κ3) is 5.01. The third-order valence-electron chi connectivity index (χ3n) is 3.11. The fourth-order valence-electron chi connectivity index (χ4n) is 1.92. The number of carbonyl (C=O) groups is 1. The molecule has 128 valence electrons. The summed E-state index contributed by atoms with van der Waals surface area (Å²) in [6.45, 7) is 3.91. The van der Waals surface area contributed by atoms with Crippen LogP contribution >= 0.6 is 23.4 Å². The van der Waals surface area contributed by atoms with Crippen LogP contribution in [0.3, 0.4) is 0 Å². The zero-order valence-electron chi connectivity index (χ0n) is 13.6. The summed E-state index contributed by atoms with van der Waals surface area (Å²) in [5.74, 6) is 0.501. The molecule has 0 bridgehead atoms. The van der Waals surface area contributed by atoms with Gasteiger partial charge in [0, 0.05) is 11.1 Å². The number of aromatic amines is 1. The van der Waals surface area contributed by atoms with Gasteiger partial charge >= 0.3 is 0 Å². The molecule has 0 saturated heterocycles. The van der Waals surface area contributed by atoms with Crippen molar-refractivity contribution in [3.05, 3.63) is 45.3 Å². The summed E-state index contributed by atoms with van der Waals surface area (Å²) >= 11 is 7.09. The molecule has 0 unspecified atom stereocenters. The van der Waals surface area contributed by atoms with Gasteiger partial charge in [0.05, 0.1) is 24.2 Å². The average molecular weight is 368 g/mol. The quantitative estimate of drug-likeness (QED) is 0.604. The lowest BCUT2D eigenvalue weighted by Gasteiger charge is -2.10. The zero-order chi connectivity index (χ0) is 17.7. The van der Waals surface area contributed by atoms with E-state index in [1.54, 1.807) is 18.2 Å². The van der Waals surface area contributed by atoms with Crippen LogP contribution in [0.15, 0.2) is 34.2 Å². The molecule has 0 saturated carbocycles. The third-order valence-corrected chi connectivity index (χ3v) is 4.22. The van der Waals surface area contributed by atoms with Gasteiger partial charge in [0.1, 0.15) is 5.75 Å². The molecule has 0 aliphatic carbocycles. The molecule has 0 spiro atoms. The molecule has 0 aliphatic rings. The monoisotopic (exact) mass is 367 g/mol. The van der Waals surface area contributed by atoms with Crippen molar-refractivity contribution in [1.29, 1.82) is 0 Å². The smallest absolute Gasteiger partial charge is 0.251 e. The number of hydrogen-bond acceptors (Lipinski definition) is 5. The Morgan fingerprint density at radius 3 is 2.83 bits per heavy atom. The Labute approximate surface area is 149 Å². The first kappa shape index (κ1) is 18.4. The van der Waals surface area contributed by atoms with Gasteiger partial charge in [-0.2, -0.15) is 0 Å². The minimum atomic E-state index is -0.252. The largest absolute Gasteiger partial charge is 0.495 e. The van der Waals surface area contributed by atoms with E-state index in [0.29, 0.717) is 27.3 Å². The Morgan fingerprint density at radius 2 is 2.17 bits per heavy atom. The van der Waals surface area contributed by atoms with Crippen LogP contribution in [0.5, 0.6) is 5.75 Å². The van der Waals surface area contributed by atoms with E-state index in [1.807, 2.05) is 13.8 Å². The first-order chi connectivity index (χ1) is 11.4. The second kappa shape index (κ2) is 8.21. The van der Waals surface area contributed by atoms with Crippen LogP contribution in [0.25, 0.3) is 0 Å². The van der Waals surface area contributed by atoms with Crippen molar-refractivity contribution >= 4 is 35.0 Å². The molecule has 24 heavy (non-hydrogen) atoms. The van der Waals surface area contributed by atoms with Crippen LogP contribution in [0.4, 0.5) is 5.69 Å². The van der Waals surface area contributed by atoms with Gasteiger partial charge < -0.3 is 15.0 Å². The highest BCUT2D eigenvalue weighted by atomic mass is 35.5. The average Bonchev–Trinajstić information content (AvgIpc) is 2.52. The van der Waals surface area contributed by atoms with E-state index in [-0.39, 0.29) is 23.1 Å². The summed E-state index contributed by atoms with van der Waals surface area (Å²) in [7, 11) is 1.51. The second-order valence-electron chi connectivity index (χ2n) is 5.31. The van der Waals surface area contributed by atoms with E-state index in [2.05, 4.69) is 15.3 Å². The van der Waals surface area contributed by atoms with Gasteiger partial charge in [0.2, 0.25) is 5.91 Å². The lowest BCUT2D eigenvalue weighted by molar-refractivity contribution is -0.113. The Bertz CT molecular complexity index is 792. The van der Waals surface area contributed by atoms with E-state index < -0.39 is 0 Å². The van der Waals surface area contributed by atoms with Crippen LogP contribution in [0.1, 0.15) is 25.5 Å². The fraction of sp³-hybridized carbons (Fsp3) is 0.312. The van der Waals surface area contributed by atoms with Gasteiger partial charge in [-0.3, -0.25) is 9.59 Å².